The lowest BCUT2D eigenvalue weighted by Crippen LogP contribution is -2.58. The highest BCUT2D eigenvalue weighted by Crippen LogP contribution is 2.52. The van der Waals surface area contributed by atoms with Gasteiger partial charge in [0.25, 0.3) is 11.8 Å². The van der Waals surface area contributed by atoms with Crippen molar-refractivity contribution in [2.24, 2.45) is 11.8 Å². The van der Waals surface area contributed by atoms with Crippen molar-refractivity contribution in [2.75, 3.05) is 67.5 Å². The number of carbonyl (C=O) groups excluding carboxylic acids is 7. The van der Waals surface area contributed by atoms with E-state index in [9.17, 15) is 28.8 Å². The van der Waals surface area contributed by atoms with Crippen LogP contribution in [-0.4, -0.2) is 151 Å². The zero-order chi connectivity index (χ0) is 55.1. The van der Waals surface area contributed by atoms with Crippen LogP contribution in [0, 0.1) is 17.7 Å². The number of imide groups is 2. The van der Waals surface area contributed by atoms with Gasteiger partial charge in [-0.1, -0.05) is 18.6 Å². The van der Waals surface area contributed by atoms with Crippen LogP contribution >= 0.6 is 0 Å². The Bertz CT molecular complexity index is 3360. The molecule has 6 fully saturated rings. The number of piperidine rings is 5. The molecule has 1 unspecified atom stereocenters. The van der Waals surface area contributed by atoms with Gasteiger partial charge in [0.1, 0.15) is 11.6 Å². The molecule has 5 saturated heterocycles. The summed E-state index contributed by atoms with van der Waals surface area (Å²) < 4.78 is 17.1. The molecule has 5 aromatic rings. The van der Waals surface area contributed by atoms with Gasteiger partial charge in [-0.3, -0.25) is 48.8 Å². The zero-order valence-electron chi connectivity index (χ0n) is 45.4. The molecule has 8 aliphatic rings. The fourth-order valence-corrected chi connectivity index (χ4v) is 14.3. The predicted octanol–water partition coefficient (Wildman–Crippen LogP) is 6.74. The Morgan fingerprint density at radius 3 is 2.15 bits per heavy atom. The van der Waals surface area contributed by atoms with Crippen molar-refractivity contribution in [3.05, 3.63) is 89.8 Å². The van der Waals surface area contributed by atoms with E-state index < -0.39 is 40.9 Å². The molecule has 80 heavy (non-hydrogen) atoms. The maximum atomic E-state index is 15.3. The third kappa shape index (κ3) is 8.88. The number of benzene rings is 2. The van der Waals surface area contributed by atoms with E-state index in [-0.39, 0.29) is 71.3 Å². The van der Waals surface area contributed by atoms with Crippen LogP contribution in [0.4, 0.5) is 27.3 Å². The number of carbonyl (C=O) groups is 7. The summed E-state index contributed by atoms with van der Waals surface area (Å²) in [5.74, 6) is -2.29. The number of aromatic nitrogens is 4. The van der Waals surface area contributed by atoms with Gasteiger partial charge in [0, 0.05) is 98.8 Å². The van der Waals surface area contributed by atoms with Crippen molar-refractivity contribution in [3.8, 4) is 11.3 Å². The third-order valence-electron chi connectivity index (χ3n) is 18.9. The number of likely N-dealkylation sites (tertiary alicyclic amines) is 3. The molecule has 1 spiro atoms. The van der Waals surface area contributed by atoms with Crippen LogP contribution < -0.4 is 20.4 Å². The molecule has 1 saturated carbocycles. The van der Waals surface area contributed by atoms with E-state index in [1.54, 1.807) is 30.6 Å². The van der Waals surface area contributed by atoms with Gasteiger partial charge in [0.2, 0.25) is 29.5 Å². The van der Waals surface area contributed by atoms with Gasteiger partial charge in [-0.05, 0) is 140 Å². The number of halogens is 1. The Balaban J connectivity index is 0.665. The largest absolute Gasteiger partial charge is 0.371 e. The maximum Gasteiger partial charge on any atom is 0.262 e. The van der Waals surface area contributed by atoms with E-state index in [1.165, 1.54) is 31.7 Å². The lowest BCUT2D eigenvalue weighted by atomic mass is 9.73. The molecule has 2 N–H and O–H groups in total. The van der Waals surface area contributed by atoms with Crippen molar-refractivity contribution in [3.63, 3.8) is 0 Å². The first-order valence-electron chi connectivity index (χ1n) is 28.9. The number of hydrogen-bond acceptors (Lipinski definition) is 13. The summed E-state index contributed by atoms with van der Waals surface area (Å²) in [6.45, 7) is 9.41. The second-order valence-electron chi connectivity index (χ2n) is 23.7. The van der Waals surface area contributed by atoms with Crippen molar-refractivity contribution in [1.82, 2.24) is 44.4 Å². The van der Waals surface area contributed by atoms with E-state index in [1.807, 2.05) is 26.5 Å². The molecule has 13 rings (SSSR count). The normalized spacial score (nSPS) is 23.8. The molecule has 0 radical (unpaired) electrons. The highest BCUT2D eigenvalue weighted by molar-refractivity contribution is 6.24. The maximum absolute atomic E-state index is 15.3. The first-order chi connectivity index (χ1) is 38.7. The number of rotatable bonds is 10. The first-order valence-corrected chi connectivity index (χ1v) is 28.9. The molecular formula is C60H67FN12O7. The lowest BCUT2D eigenvalue weighted by Gasteiger charge is -2.48. The quantitative estimate of drug-likeness (QED) is 0.139. The number of nitrogens with zero attached hydrogens (tertiary/aromatic N) is 10. The molecule has 416 valence electrons. The second kappa shape index (κ2) is 20.5. The standard InChI is InChI=1S/C60H67FN12O7/c1-35(2)71-34-63-48-32-47(65-53(52(48)71)64-46-12-19-62-33-45(46)61)38-6-9-44-50(28-38)72(41-29-40(30-41)67-20-4-3-5-21-67)59(80)60(44)17-26-70(27-18-60)56(77)37-15-24-69(25-16-37)55(76)36-13-22-68(23-14-36)39-7-8-42-43(31-39)58(79)73(57(42)78)49-10-11-51(74)66-54(49)75/h6-9,12,19,28,31-37,40-41,49H,3-5,10-11,13-18,20-27,29-30H2,1-2H3,(H,62,64,65)(H,66,74,75). The van der Waals surface area contributed by atoms with E-state index in [0.29, 0.717) is 101 Å². The molecule has 1 atom stereocenters. The van der Waals surface area contributed by atoms with Gasteiger partial charge in [0.15, 0.2) is 11.6 Å². The predicted molar refractivity (Wildman–Crippen MR) is 295 cm³/mol. The summed E-state index contributed by atoms with van der Waals surface area (Å²) in [7, 11) is 0. The Morgan fingerprint density at radius 2 is 1.45 bits per heavy atom. The minimum absolute atomic E-state index is 0.0502. The fraction of sp³-hybridized carbons (Fsp3) is 0.500. The van der Waals surface area contributed by atoms with Crippen LogP contribution in [0.1, 0.15) is 130 Å². The Kier molecular flexibility index (Phi) is 13.3. The highest BCUT2D eigenvalue weighted by atomic mass is 19.1. The number of amides is 7. The van der Waals surface area contributed by atoms with Crippen LogP contribution in [0.15, 0.2) is 67.3 Å². The van der Waals surface area contributed by atoms with Gasteiger partial charge in [0.05, 0.1) is 46.0 Å². The number of nitrogens with one attached hydrogen (secondary N) is 2. The van der Waals surface area contributed by atoms with E-state index in [4.69, 9.17) is 9.97 Å². The SMILES string of the molecule is CC(C)n1cnc2cc(-c3ccc4c(c3)N(C3CC(N5CCCCC5)C3)C(=O)C43CCN(C(=O)C4CCN(C(=O)C5CCN(c6ccc7c(c6)C(=O)N(C6CCC(=O)NC6=O)C7=O)CC5)CC4)CC3)nc(Nc3ccncc3F)c21. The molecule has 2 aromatic carbocycles. The van der Waals surface area contributed by atoms with E-state index in [0.717, 1.165) is 58.8 Å². The number of pyridine rings is 2. The van der Waals surface area contributed by atoms with E-state index >= 15 is 9.18 Å². The first kappa shape index (κ1) is 51.8. The van der Waals surface area contributed by atoms with Crippen molar-refractivity contribution in [1.29, 1.82) is 0 Å². The average Bonchev–Trinajstić information content (AvgIpc) is 4.04. The molecule has 1 aliphatic carbocycles. The van der Waals surface area contributed by atoms with Crippen LogP contribution in [-0.2, 0) is 29.4 Å². The number of hydrogen-bond donors (Lipinski definition) is 2. The summed E-state index contributed by atoms with van der Waals surface area (Å²) in [6.07, 6.45) is 13.5. The number of fused-ring (bicyclic) bond motifs is 4. The molecule has 7 aliphatic heterocycles. The molecule has 19 nitrogen and oxygen atoms in total. The lowest BCUT2D eigenvalue weighted by molar-refractivity contribution is -0.144. The molecule has 20 heteroatoms. The smallest absolute Gasteiger partial charge is 0.262 e. The topological polar surface area (TPSA) is 207 Å². The minimum Gasteiger partial charge on any atom is -0.371 e. The van der Waals surface area contributed by atoms with Gasteiger partial charge >= 0.3 is 0 Å². The number of anilines is 4. The summed E-state index contributed by atoms with van der Waals surface area (Å²) in [5, 5.41) is 5.47. The van der Waals surface area contributed by atoms with Crippen molar-refractivity contribution in [2.45, 2.75) is 127 Å². The van der Waals surface area contributed by atoms with Gasteiger partial charge in [-0.15, -0.1) is 0 Å². The third-order valence-corrected chi connectivity index (χ3v) is 18.9. The van der Waals surface area contributed by atoms with Gasteiger partial charge in [-0.2, -0.15) is 0 Å². The van der Waals surface area contributed by atoms with Crippen molar-refractivity contribution < 1.29 is 38.0 Å². The summed E-state index contributed by atoms with van der Waals surface area (Å²) in [5.41, 5.74) is 5.52. The average molecular weight is 1090 g/mol. The summed E-state index contributed by atoms with van der Waals surface area (Å²) in [4.78, 5) is 120. The van der Waals surface area contributed by atoms with Crippen LogP contribution in [0.3, 0.4) is 0 Å². The molecule has 0 bridgehead atoms. The minimum atomic E-state index is -1.03. The van der Waals surface area contributed by atoms with Crippen molar-refractivity contribution >= 4 is 75.3 Å². The zero-order valence-corrected chi connectivity index (χ0v) is 45.4. The Morgan fingerprint density at radius 1 is 0.750 bits per heavy atom. The Labute approximate surface area is 463 Å². The summed E-state index contributed by atoms with van der Waals surface area (Å²) >= 11 is 0. The summed E-state index contributed by atoms with van der Waals surface area (Å²) in [6, 6.07) is 14.4. The second-order valence-corrected chi connectivity index (χ2v) is 23.7. The van der Waals surface area contributed by atoms with Gasteiger partial charge < -0.3 is 34.4 Å². The highest BCUT2D eigenvalue weighted by Gasteiger charge is 2.56. The molecule has 10 heterocycles. The molecule has 7 amide bonds. The molecular weight excluding hydrogens is 1020 g/mol. The van der Waals surface area contributed by atoms with E-state index in [2.05, 4.69) is 56.3 Å². The van der Waals surface area contributed by atoms with Crippen LogP contribution in [0.25, 0.3) is 22.3 Å². The Hall–Kier alpha value is -7.61. The monoisotopic (exact) mass is 1090 g/mol. The molecule has 3 aromatic heterocycles. The van der Waals surface area contributed by atoms with Gasteiger partial charge in [-0.25, -0.2) is 14.4 Å². The fourth-order valence-electron chi connectivity index (χ4n) is 14.3. The van der Waals surface area contributed by atoms with Crippen LogP contribution in [0.5, 0.6) is 0 Å². The number of imidazole rings is 1. The van der Waals surface area contributed by atoms with Crippen LogP contribution in [0.2, 0.25) is 0 Å².